The van der Waals surface area contributed by atoms with E-state index in [0.29, 0.717) is 6.42 Å². The summed E-state index contributed by atoms with van der Waals surface area (Å²) in [6, 6.07) is 6.77. The third-order valence-electron chi connectivity index (χ3n) is 4.25. The molecule has 1 aromatic carbocycles. The maximum absolute atomic E-state index is 13.7. The van der Waals surface area contributed by atoms with Gasteiger partial charge in [-0.3, -0.25) is 4.79 Å². The maximum atomic E-state index is 13.7. The summed E-state index contributed by atoms with van der Waals surface area (Å²) in [5.74, 6) is -0.913. The van der Waals surface area contributed by atoms with Crippen molar-refractivity contribution >= 4 is 5.97 Å². The third-order valence-corrected chi connectivity index (χ3v) is 4.25. The van der Waals surface area contributed by atoms with Gasteiger partial charge in [-0.25, -0.2) is 4.39 Å². The molecule has 0 radical (unpaired) electrons. The Hall–Kier alpha value is -1.38. The zero-order valence-electron chi connectivity index (χ0n) is 8.82. The molecule has 4 rings (SSSR count). The molecular weight excluding hydrogens is 207 g/mol. The van der Waals surface area contributed by atoms with Crippen LogP contribution in [0.15, 0.2) is 24.3 Å². The Bertz CT molecular complexity index is 449. The lowest BCUT2D eigenvalue weighted by molar-refractivity contribution is -0.142. The third kappa shape index (κ3) is 1.14. The molecule has 3 saturated carbocycles. The highest BCUT2D eigenvalue weighted by Crippen LogP contribution is 2.62. The van der Waals surface area contributed by atoms with E-state index in [-0.39, 0.29) is 23.1 Å². The van der Waals surface area contributed by atoms with Crippen LogP contribution >= 0.6 is 0 Å². The number of halogens is 1. The topological polar surface area (TPSA) is 37.3 Å². The fraction of sp³-hybridized carbons (Fsp3) is 0.462. The molecule has 3 aliphatic carbocycles. The molecule has 0 saturated heterocycles. The monoisotopic (exact) mass is 220 g/mol. The standard InChI is InChI=1S/C13H13FO2/c14-11-4-2-1-3-10(11)13-5-8(6-13)9(7-13)12(15)16/h1-4,8-9H,5-7H2,(H,15,16). The van der Waals surface area contributed by atoms with Crippen LogP contribution in [-0.2, 0) is 10.2 Å². The fourth-order valence-corrected chi connectivity index (χ4v) is 3.49. The van der Waals surface area contributed by atoms with Gasteiger partial charge in [0.25, 0.3) is 0 Å². The van der Waals surface area contributed by atoms with E-state index >= 15 is 0 Å². The van der Waals surface area contributed by atoms with Gasteiger partial charge in [0.15, 0.2) is 0 Å². The summed E-state index contributed by atoms with van der Waals surface area (Å²) in [4.78, 5) is 11.0. The van der Waals surface area contributed by atoms with Crippen LogP contribution in [0.3, 0.4) is 0 Å². The smallest absolute Gasteiger partial charge is 0.306 e. The SMILES string of the molecule is O=C(O)C1CC2(c3ccccc3F)CC1C2. The molecule has 0 heterocycles. The molecule has 1 N–H and O–H groups in total. The molecule has 2 nitrogen and oxygen atoms in total. The number of carbonyl (C=O) groups is 1. The van der Waals surface area contributed by atoms with Gasteiger partial charge in [0.2, 0.25) is 0 Å². The van der Waals surface area contributed by atoms with Crippen molar-refractivity contribution in [3.63, 3.8) is 0 Å². The molecule has 84 valence electrons. The Morgan fingerprint density at radius 3 is 2.56 bits per heavy atom. The predicted molar refractivity (Wildman–Crippen MR) is 56.5 cm³/mol. The molecule has 1 unspecified atom stereocenters. The van der Waals surface area contributed by atoms with Crippen molar-refractivity contribution in [1.82, 2.24) is 0 Å². The minimum absolute atomic E-state index is 0.181. The average molecular weight is 220 g/mol. The van der Waals surface area contributed by atoms with E-state index in [9.17, 15) is 9.18 Å². The number of fused-ring (bicyclic) bond motifs is 1. The zero-order chi connectivity index (χ0) is 11.3. The lowest BCUT2D eigenvalue weighted by Gasteiger charge is -2.39. The van der Waals surface area contributed by atoms with E-state index < -0.39 is 5.97 Å². The van der Waals surface area contributed by atoms with Crippen LogP contribution in [-0.4, -0.2) is 11.1 Å². The minimum atomic E-state index is -0.722. The van der Waals surface area contributed by atoms with Crippen molar-refractivity contribution in [2.24, 2.45) is 11.8 Å². The van der Waals surface area contributed by atoms with Gasteiger partial charge in [0.05, 0.1) is 5.92 Å². The lowest BCUT2D eigenvalue weighted by atomic mass is 9.65. The van der Waals surface area contributed by atoms with E-state index in [1.807, 2.05) is 6.07 Å². The van der Waals surface area contributed by atoms with Crippen molar-refractivity contribution < 1.29 is 14.3 Å². The molecule has 2 bridgehead atoms. The molecule has 3 aliphatic rings. The quantitative estimate of drug-likeness (QED) is 0.831. The fourth-order valence-electron chi connectivity index (χ4n) is 3.49. The highest BCUT2D eigenvalue weighted by atomic mass is 19.1. The van der Waals surface area contributed by atoms with Crippen molar-refractivity contribution in [2.75, 3.05) is 0 Å². The molecule has 0 amide bonds. The molecule has 3 fully saturated rings. The summed E-state index contributed by atoms with van der Waals surface area (Å²) < 4.78 is 13.7. The summed E-state index contributed by atoms with van der Waals surface area (Å²) >= 11 is 0. The van der Waals surface area contributed by atoms with Gasteiger partial charge in [0, 0.05) is 0 Å². The summed E-state index contributed by atoms with van der Waals surface area (Å²) in [7, 11) is 0. The Morgan fingerprint density at radius 2 is 2.00 bits per heavy atom. The number of benzene rings is 1. The lowest BCUT2D eigenvalue weighted by Crippen LogP contribution is -2.33. The van der Waals surface area contributed by atoms with Gasteiger partial charge in [-0.1, -0.05) is 18.2 Å². The second kappa shape index (κ2) is 3.06. The van der Waals surface area contributed by atoms with Crippen LogP contribution in [0.1, 0.15) is 24.8 Å². The van der Waals surface area contributed by atoms with Crippen LogP contribution in [0.5, 0.6) is 0 Å². The molecule has 0 aromatic heterocycles. The second-order valence-electron chi connectivity index (χ2n) is 5.08. The van der Waals surface area contributed by atoms with Crippen molar-refractivity contribution in [3.05, 3.63) is 35.6 Å². The molecule has 1 atom stereocenters. The summed E-state index contributed by atoms with van der Waals surface area (Å²) in [6.45, 7) is 0. The predicted octanol–water partition coefficient (Wildman–Crippen LogP) is 2.58. The number of hydrogen-bond donors (Lipinski definition) is 1. The Balaban J connectivity index is 1.94. The van der Waals surface area contributed by atoms with Gasteiger partial charge in [-0.2, -0.15) is 0 Å². The van der Waals surface area contributed by atoms with Crippen molar-refractivity contribution in [1.29, 1.82) is 0 Å². The first kappa shape index (κ1) is 9.82. The first-order valence-electron chi connectivity index (χ1n) is 5.60. The number of carboxylic acid groups (broad SMARTS) is 1. The van der Waals surface area contributed by atoms with Gasteiger partial charge in [-0.15, -0.1) is 0 Å². The van der Waals surface area contributed by atoms with Crippen molar-refractivity contribution in [2.45, 2.75) is 24.7 Å². The van der Waals surface area contributed by atoms with E-state index in [1.54, 1.807) is 12.1 Å². The van der Waals surface area contributed by atoms with E-state index in [1.165, 1.54) is 6.07 Å². The van der Waals surface area contributed by atoms with E-state index in [0.717, 1.165) is 18.4 Å². The Morgan fingerprint density at radius 1 is 1.31 bits per heavy atom. The summed E-state index contributed by atoms with van der Waals surface area (Å²) in [5.41, 5.74) is 0.536. The van der Waals surface area contributed by atoms with Crippen LogP contribution in [0, 0.1) is 17.7 Å². The molecule has 16 heavy (non-hydrogen) atoms. The van der Waals surface area contributed by atoms with Gasteiger partial charge in [-0.05, 0) is 42.2 Å². The number of carboxylic acids is 1. The maximum Gasteiger partial charge on any atom is 0.306 e. The molecule has 1 aromatic rings. The van der Waals surface area contributed by atoms with Crippen molar-refractivity contribution in [3.8, 4) is 0 Å². The van der Waals surface area contributed by atoms with Gasteiger partial charge >= 0.3 is 5.97 Å². The summed E-state index contributed by atoms with van der Waals surface area (Å²) in [6.07, 6.45) is 2.28. The van der Waals surface area contributed by atoms with Crippen LogP contribution in [0.4, 0.5) is 4.39 Å². The highest BCUT2D eigenvalue weighted by molar-refractivity contribution is 5.72. The molecule has 3 heteroatoms. The molecule has 0 spiro atoms. The Labute approximate surface area is 93.1 Å². The van der Waals surface area contributed by atoms with Gasteiger partial charge < -0.3 is 5.11 Å². The highest BCUT2D eigenvalue weighted by Gasteiger charge is 2.59. The first-order valence-corrected chi connectivity index (χ1v) is 5.60. The number of aliphatic carboxylic acids is 1. The van der Waals surface area contributed by atoms with Crippen LogP contribution < -0.4 is 0 Å². The zero-order valence-corrected chi connectivity index (χ0v) is 8.82. The minimum Gasteiger partial charge on any atom is -0.481 e. The van der Waals surface area contributed by atoms with E-state index in [4.69, 9.17) is 5.11 Å². The number of hydrogen-bond acceptors (Lipinski definition) is 1. The summed E-state index contributed by atoms with van der Waals surface area (Å²) in [5, 5.41) is 9.05. The largest absolute Gasteiger partial charge is 0.481 e. The van der Waals surface area contributed by atoms with Crippen LogP contribution in [0.25, 0.3) is 0 Å². The Kier molecular flexibility index (Phi) is 1.88. The average Bonchev–Trinajstić information content (AvgIpc) is 2.73. The van der Waals surface area contributed by atoms with Crippen LogP contribution in [0.2, 0.25) is 0 Å². The van der Waals surface area contributed by atoms with E-state index in [2.05, 4.69) is 0 Å². The normalized spacial score (nSPS) is 35.8. The molecular formula is C13H13FO2. The van der Waals surface area contributed by atoms with Gasteiger partial charge in [0.1, 0.15) is 5.82 Å². The molecule has 0 aliphatic heterocycles. The first-order chi connectivity index (χ1) is 7.62. The number of rotatable bonds is 2. The second-order valence-corrected chi connectivity index (χ2v) is 5.08.